The topological polar surface area (TPSA) is 38.1 Å². The highest BCUT2D eigenvalue weighted by Crippen LogP contribution is 2.28. The Bertz CT molecular complexity index is 483. The van der Waals surface area contributed by atoms with Crippen LogP contribution < -0.4 is 5.32 Å². The number of hydrogen-bond donors (Lipinski definition) is 1. The molecule has 0 aliphatic carbocycles. The van der Waals surface area contributed by atoms with Crippen LogP contribution >= 0.6 is 0 Å². The third-order valence-electron chi connectivity index (χ3n) is 2.94. The van der Waals surface area contributed by atoms with E-state index < -0.39 is 0 Å². The molecule has 15 heavy (non-hydrogen) atoms. The highest BCUT2D eigenvalue weighted by Gasteiger charge is 2.20. The second kappa shape index (κ2) is 3.35. The molecule has 1 N–H and O–H groups in total. The Labute approximate surface area is 88.5 Å². The summed E-state index contributed by atoms with van der Waals surface area (Å²) in [5.74, 6) is 1.03. The summed E-state index contributed by atoms with van der Waals surface area (Å²) < 4.78 is 5.78. The van der Waals surface area contributed by atoms with Gasteiger partial charge in [0.25, 0.3) is 0 Å². The Morgan fingerprint density at radius 1 is 1.47 bits per heavy atom. The van der Waals surface area contributed by atoms with Gasteiger partial charge in [-0.1, -0.05) is 0 Å². The first-order chi connectivity index (χ1) is 7.33. The molecule has 3 rings (SSSR count). The van der Waals surface area contributed by atoms with E-state index in [9.17, 15) is 0 Å². The smallest absolute Gasteiger partial charge is 0.152 e. The highest BCUT2D eigenvalue weighted by molar-refractivity contribution is 5.73. The second-order valence-corrected chi connectivity index (χ2v) is 4.13. The molecule has 1 atom stereocenters. The minimum Gasteiger partial charge on any atom is -0.458 e. The van der Waals surface area contributed by atoms with Gasteiger partial charge in [-0.15, -0.1) is 0 Å². The molecule has 0 saturated carbocycles. The lowest BCUT2D eigenvalue weighted by molar-refractivity contribution is 0.471. The first-order valence-corrected chi connectivity index (χ1v) is 5.43. The van der Waals surface area contributed by atoms with Crippen LogP contribution in [-0.4, -0.2) is 11.5 Å². The average molecular weight is 202 g/mol. The van der Waals surface area contributed by atoms with Crippen molar-refractivity contribution < 1.29 is 4.42 Å². The van der Waals surface area contributed by atoms with Crippen LogP contribution in [0.3, 0.4) is 0 Å². The van der Waals surface area contributed by atoms with Crippen molar-refractivity contribution in [2.75, 3.05) is 6.54 Å². The molecule has 0 spiro atoms. The number of hydrogen-bond acceptors (Lipinski definition) is 3. The summed E-state index contributed by atoms with van der Waals surface area (Å²) in [6.07, 6.45) is 2.40. The lowest BCUT2D eigenvalue weighted by atomic mass is 10.2. The maximum Gasteiger partial charge on any atom is 0.152 e. The molecule has 1 saturated heterocycles. The highest BCUT2D eigenvalue weighted by atomic mass is 16.3. The Kier molecular flexibility index (Phi) is 1.99. The number of aryl methyl sites for hydroxylation is 1. The molecule has 1 aliphatic rings. The fourth-order valence-electron chi connectivity index (χ4n) is 2.14. The van der Waals surface area contributed by atoms with Gasteiger partial charge in [-0.25, -0.2) is 4.98 Å². The van der Waals surface area contributed by atoms with Crippen molar-refractivity contribution in [3.8, 4) is 0 Å². The molecule has 0 aromatic carbocycles. The average Bonchev–Trinajstić information content (AvgIpc) is 2.84. The van der Waals surface area contributed by atoms with Crippen molar-refractivity contribution in [1.29, 1.82) is 0 Å². The second-order valence-electron chi connectivity index (χ2n) is 4.13. The zero-order valence-electron chi connectivity index (χ0n) is 8.79. The first-order valence-electron chi connectivity index (χ1n) is 5.43. The fraction of sp³-hybridized carbons (Fsp3) is 0.417. The third-order valence-corrected chi connectivity index (χ3v) is 2.94. The summed E-state index contributed by atoms with van der Waals surface area (Å²) in [6.45, 7) is 3.09. The van der Waals surface area contributed by atoms with Crippen LogP contribution in [0.4, 0.5) is 0 Å². The summed E-state index contributed by atoms with van der Waals surface area (Å²) in [5, 5.41) is 3.43. The Hall–Kier alpha value is -1.35. The van der Waals surface area contributed by atoms with Gasteiger partial charge in [-0.2, -0.15) is 0 Å². The van der Waals surface area contributed by atoms with Crippen LogP contribution in [0.1, 0.15) is 30.3 Å². The van der Waals surface area contributed by atoms with Gasteiger partial charge in [0, 0.05) is 11.8 Å². The molecule has 0 amide bonds. The predicted molar refractivity (Wildman–Crippen MR) is 58.7 cm³/mol. The lowest BCUT2D eigenvalue weighted by Crippen LogP contribution is -2.11. The van der Waals surface area contributed by atoms with Crippen molar-refractivity contribution >= 4 is 11.1 Å². The molecule has 3 heteroatoms. The van der Waals surface area contributed by atoms with E-state index in [1.54, 1.807) is 0 Å². The minimum atomic E-state index is 0.388. The van der Waals surface area contributed by atoms with Crippen LogP contribution in [0.25, 0.3) is 11.1 Å². The molecule has 2 aromatic heterocycles. The molecule has 78 valence electrons. The number of fused-ring (bicyclic) bond motifs is 1. The number of nitrogens with zero attached hydrogens (tertiary/aromatic N) is 1. The van der Waals surface area contributed by atoms with Gasteiger partial charge in [0.2, 0.25) is 0 Å². The third kappa shape index (κ3) is 1.53. The summed E-state index contributed by atoms with van der Waals surface area (Å²) in [4.78, 5) is 4.45. The zero-order valence-corrected chi connectivity index (χ0v) is 8.79. The van der Waals surface area contributed by atoms with Gasteiger partial charge in [0.1, 0.15) is 11.3 Å². The minimum absolute atomic E-state index is 0.388. The number of rotatable bonds is 1. The first kappa shape index (κ1) is 8.92. The van der Waals surface area contributed by atoms with Gasteiger partial charge in [-0.05, 0) is 38.4 Å². The maximum atomic E-state index is 5.78. The molecule has 3 nitrogen and oxygen atoms in total. The Balaban J connectivity index is 2.05. The van der Waals surface area contributed by atoms with E-state index in [4.69, 9.17) is 4.42 Å². The monoisotopic (exact) mass is 202 g/mol. The molecule has 1 aliphatic heterocycles. The Morgan fingerprint density at radius 3 is 3.20 bits per heavy atom. The summed E-state index contributed by atoms with van der Waals surface area (Å²) in [7, 11) is 0. The summed E-state index contributed by atoms with van der Waals surface area (Å²) >= 11 is 0. The van der Waals surface area contributed by atoms with E-state index in [0.717, 1.165) is 29.1 Å². The van der Waals surface area contributed by atoms with Crippen LogP contribution in [0.15, 0.2) is 22.6 Å². The van der Waals surface area contributed by atoms with Crippen LogP contribution in [-0.2, 0) is 0 Å². The van der Waals surface area contributed by atoms with Gasteiger partial charge in [0.15, 0.2) is 5.58 Å². The molecule has 3 heterocycles. The summed E-state index contributed by atoms with van der Waals surface area (Å²) in [6, 6.07) is 6.43. The van der Waals surface area contributed by atoms with E-state index in [0.29, 0.717) is 6.04 Å². The van der Waals surface area contributed by atoms with Gasteiger partial charge in [-0.3, -0.25) is 0 Å². The van der Waals surface area contributed by atoms with E-state index in [-0.39, 0.29) is 0 Å². The number of aromatic nitrogens is 1. The molecule has 1 fully saturated rings. The molecule has 0 bridgehead atoms. The van der Waals surface area contributed by atoms with E-state index in [1.165, 1.54) is 12.8 Å². The number of pyridine rings is 1. The van der Waals surface area contributed by atoms with Crippen molar-refractivity contribution in [2.45, 2.75) is 25.8 Å². The van der Waals surface area contributed by atoms with Crippen molar-refractivity contribution in [3.05, 3.63) is 29.7 Å². The number of nitrogens with one attached hydrogen (secondary N) is 1. The van der Waals surface area contributed by atoms with E-state index in [1.807, 2.05) is 19.1 Å². The molecule has 0 radical (unpaired) electrons. The van der Waals surface area contributed by atoms with Gasteiger partial charge in [0.05, 0.1) is 6.04 Å². The molecule has 1 unspecified atom stereocenters. The SMILES string of the molecule is Cc1ccc2oc(C3CCCN3)cc2n1. The maximum absolute atomic E-state index is 5.78. The fourth-order valence-corrected chi connectivity index (χ4v) is 2.14. The molecular formula is C12H14N2O. The van der Waals surface area contributed by atoms with Crippen molar-refractivity contribution in [3.63, 3.8) is 0 Å². The number of furan rings is 1. The van der Waals surface area contributed by atoms with Crippen LogP contribution in [0, 0.1) is 6.92 Å². The zero-order chi connectivity index (χ0) is 10.3. The van der Waals surface area contributed by atoms with E-state index >= 15 is 0 Å². The molecular weight excluding hydrogens is 188 g/mol. The standard InChI is InChI=1S/C12H14N2O/c1-8-4-5-11-10(14-8)7-12(15-11)9-3-2-6-13-9/h4-5,7,9,13H,2-3,6H2,1H3. The van der Waals surface area contributed by atoms with Gasteiger partial charge >= 0.3 is 0 Å². The van der Waals surface area contributed by atoms with Gasteiger partial charge < -0.3 is 9.73 Å². The largest absolute Gasteiger partial charge is 0.458 e. The predicted octanol–water partition coefficient (Wildman–Crippen LogP) is 2.56. The van der Waals surface area contributed by atoms with Crippen LogP contribution in [0.2, 0.25) is 0 Å². The van der Waals surface area contributed by atoms with Crippen molar-refractivity contribution in [2.24, 2.45) is 0 Å². The molecule has 2 aromatic rings. The van der Waals surface area contributed by atoms with E-state index in [2.05, 4.69) is 16.4 Å². The quantitative estimate of drug-likeness (QED) is 0.772. The van der Waals surface area contributed by atoms with Crippen molar-refractivity contribution in [1.82, 2.24) is 10.3 Å². The normalized spacial score (nSPS) is 21.3. The Morgan fingerprint density at radius 2 is 2.40 bits per heavy atom. The van der Waals surface area contributed by atoms with Crippen LogP contribution in [0.5, 0.6) is 0 Å². The lowest BCUT2D eigenvalue weighted by Gasteiger charge is -2.04. The summed E-state index contributed by atoms with van der Waals surface area (Å²) in [5.41, 5.74) is 2.90.